The van der Waals surface area contributed by atoms with E-state index in [0.717, 1.165) is 12.8 Å². The van der Waals surface area contributed by atoms with Gasteiger partial charge in [0.15, 0.2) is 0 Å². The Bertz CT molecular complexity index is 795. The molecule has 1 aromatic carbocycles. The van der Waals surface area contributed by atoms with Gasteiger partial charge in [-0.1, -0.05) is 24.9 Å². The van der Waals surface area contributed by atoms with Gasteiger partial charge in [0.25, 0.3) is 11.8 Å². The van der Waals surface area contributed by atoms with Crippen molar-refractivity contribution in [1.29, 1.82) is 0 Å². The number of nitrogens with zero attached hydrogens (tertiary/aromatic N) is 2. The number of methoxy groups -OCH3 is 1. The fourth-order valence-electron chi connectivity index (χ4n) is 2.37. The zero-order valence-electron chi connectivity index (χ0n) is 15.1. The lowest BCUT2D eigenvalue weighted by Crippen LogP contribution is -2.28. The number of amides is 2. The maximum atomic E-state index is 12.5. The number of carbonyl (C=O) groups excluding carboxylic acids is 2. The Morgan fingerprint density at radius 2 is 2.04 bits per heavy atom. The molecule has 2 rings (SSSR count). The molecule has 138 valence electrons. The van der Waals surface area contributed by atoms with Gasteiger partial charge < -0.3 is 15.0 Å². The van der Waals surface area contributed by atoms with E-state index < -0.39 is 5.91 Å². The minimum Gasteiger partial charge on any atom is -0.495 e. The van der Waals surface area contributed by atoms with Crippen LogP contribution in [0, 0.1) is 0 Å². The van der Waals surface area contributed by atoms with Gasteiger partial charge in [-0.05, 0) is 36.8 Å². The highest BCUT2D eigenvalue weighted by Gasteiger charge is 2.16. The van der Waals surface area contributed by atoms with Crippen molar-refractivity contribution < 1.29 is 14.3 Å². The van der Waals surface area contributed by atoms with E-state index in [9.17, 15) is 9.59 Å². The molecule has 1 heterocycles. The van der Waals surface area contributed by atoms with E-state index in [2.05, 4.69) is 17.2 Å². The SMILES string of the molecule is CCCCN(C)C(=O)c1ccnc(C(=O)Nc2cc(Cl)ccc2OC)c1. The predicted molar refractivity (Wildman–Crippen MR) is 102 cm³/mol. The van der Waals surface area contributed by atoms with Crippen LogP contribution in [0.4, 0.5) is 5.69 Å². The van der Waals surface area contributed by atoms with Crippen LogP contribution < -0.4 is 10.1 Å². The Labute approximate surface area is 158 Å². The molecule has 1 aromatic heterocycles. The number of anilines is 1. The summed E-state index contributed by atoms with van der Waals surface area (Å²) in [4.78, 5) is 30.7. The highest BCUT2D eigenvalue weighted by atomic mass is 35.5. The molecule has 0 spiro atoms. The number of rotatable bonds is 7. The van der Waals surface area contributed by atoms with Crippen molar-refractivity contribution in [3.8, 4) is 5.75 Å². The molecule has 2 aromatic rings. The summed E-state index contributed by atoms with van der Waals surface area (Å²) in [6.45, 7) is 2.73. The summed E-state index contributed by atoms with van der Waals surface area (Å²) in [5.74, 6) is -0.110. The Morgan fingerprint density at radius 3 is 2.73 bits per heavy atom. The average Bonchev–Trinajstić information content (AvgIpc) is 2.65. The molecule has 0 aliphatic carbocycles. The Morgan fingerprint density at radius 1 is 1.27 bits per heavy atom. The van der Waals surface area contributed by atoms with Crippen molar-refractivity contribution in [3.05, 3.63) is 52.8 Å². The third kappa shape index (κ3) is 4.95. The Balaban J connectivity index is 2.18. The lowest BCUT2D eigenvalue weighted by Gasteiger charge is -2.17. The molecule has 0 atom stereocenters. The zero-order valence-corrected chi connectivity index (χ0v) is 15.8. The minimum atomic E-state index is -0.448. The molecule has 0 bridgehead atoms. The first-order valence-electron chi connectivity index (χ1n) is 8.32. The first kappa shape index (κ1) is 19.7. The topological polar surface area (TPSA) is 71.5 Å². The second-order valence-corrected chi connectivity index (χ2v) is 6.25. The number of ether oxygens (including phenoxy) is 1. The van der Waals surface area contributed by atoms with E-state index in [1.807, 2.05) is 0 Å². The van der Waals surface area contributed by atoms with Gasteiger partial charge in [-0.3, -0.25) is 14.6 Å². The summed E-state index contributed by atoms with van der Waals surface area (Å²) in [6, 6.07) is 8.00. The van der Waals surface area contributed by atoms with Gasteiger partial charge in [-0.2, -0.15) is 0 Å². The first-order valence-corrected chi connectivity index (χ1v) is 8.70. The normalized spacial score (nSPS) is 10.3. The summed E-state index contributed by atoms with van der Waals surface area (Å²) in [5, 5.41) is 3.18. The van der Waals surface area contributed by atoms with Crippen molar-refractivity contribution >= 4 is 29.1 Å². The van der Waals surface area contributed by atoms with Crippen LogP contribution in [0.25, 0.3) is 0 Å². The summed E-state index contributed by atoms with van der Waals surface area (Å²) in [6.07, 6.45) is 3.38. The van der Waals surface area contributed by atoms with Crippen molar-refractivity contribution in [2.24, 2.45) is 0 Å². The van der Waals surface area contributed by atoms with Crippen LogP contribution in [0.2, 0.25) is 5.02 Å². The molecule has 2 amide bonds. The average molecular weight is 376 g/mol. The second-order valence-electron chi connectivity index (χ2n) is 5.81. The lowest BCUT2D eigenvalue weighted by molar-refractivity contribution is 0.0793. The fraction of sp³-hybridized carbons (Fsp3) is 0.316. The molecule has 0 radical (unpaired) electrons. The molecule has 0 fully saturated rings. The number of unbranched alkanes of at least 4 members (excludes halogenated alkanes) is 1. The molecule has 0 saturated heterocycles. The van der Waals surface area contributed by atoms with Gasteiger partial charge in [0.1, 0.15) is 11.4 Å². The molecule has 0 aliphatic heterocycles. The van der Waals surface area contributed by atoms with Gasteiger partial charge in [-0.15, -0.1) is 0 Å². The molecule has 0 aliphatic rings. The summed E-state index contributed by atoms with van der Waals surface area (Å²) >= 11 is 5.97. The Kier molecular flexibility index (Phi) is 6.97. The lowest BCUT2D eigenvalue weighted by atomic mass is 10.2. The van der Waals surface area contributed by atoms with Gasteiger partial charge in [0.2, 0.25) is 0 Å². The quantitative estimate of drug-likeness (QED) is 0.797. The summed E-state index contributed by atoms with van der Waals surface area (Å²) < 4.78 is 5.21. The first-order chi connectivity index (χ1) is 12.5. The third-order valence-electron chi connectivity index (χ3n) is 3.84. The van der Waals surface area contributed by atoms with Crippen LogP contribution in [0.3, 0.4) is 0 Å². The number of aromatic nitrogens is 1. The van der Waals surface area contributed by atoms with Gasteiger partial charge >= 0.3 is 0 Å². The monoisotopic (exact) mass is 375 g/mol. The largest absolute Gasteiger partial charge is 0.495 e. The summed E-state index contributed by atoms with van der Waals surface area (Å²) in [5.41, 5.74) is 0.993. The van der Waals surface area contributed by atoms with Crippen LogP contribution in [0.5, 0.6) is 5.75 Å². The minimum absolute atomic E-state index is 0.141. The molecular weight excluding hydrogens is 354 g/mol. The highest BCUT2D eigenvalue weighted by Crippen LogP contribution is 2.28. The van der Waals surface area contributed by atoms with Gasteiger partial charge in [0, 0.05) is 30.4 Å². The number of carbonyl (C=O) groups is 2. The molecule has 0 unspecified atom stereocenters. The van der Waals surface area contributed by atoms with E-state index in [0.29, 0.717) is 28.6 Å². The van der Waals surface area contributed by atoms with Crippen molar-refractivity contribution in [2.45, 2.75) is 19.8 Å². The van der Waals surface area contributed by atoms with E-state index >= 15 is 0 Å². The van der Waals surface area contributed by atoms with Crippen LogP contribution in [0.1, 0.15) is 40.6 Å². The Hall–Kier alpha value is -2.60. The van der Waals surface area contributed by atoms with Crippen LogP contribution in [-0.2, 0) is 0 Å². The number of hydrogen-bond acceptors (Lipinski definition) is 4. The smallest absolute Gasteiger partial charge is 0.274 e. The number of pyridine rings is 1. The molecular formula is C19H22ClN3O3. The zero-order chi connectivity index (χ0) is 19.1. The standard InChI is InChI=1S/C19H22ClN3O3/c1-4-5-10-23(2)19(25)13-8-9-21-16(11-13)18(24)22-15-12-14(20)6-7-17(15)26-3/h6-9,11-12H,4-5,10H2,1-3H3,(H,22,24). The molecule has 26 heavy (non-hydrogen) atoms. The molecule has 6 nitrogen and oxygen atoms in total. The maximum Gasteiger partial charge on any atom is 0.274 e. The van der Waals surface area contributed by atoms with Gasteiger partial charge in [0.05, 0.1) is 12.8 Å². The third-order valence-corrected chi connectivity index (χ3v) is 4.08. The maximum absolute atomic E-state index is 12.5. The van der Waals surface area contributed by atoms with Crippen LogP contribution in [0.15, 0.2) is 36.5 Å². The van der Waals surface area contributed by atoms with E-state index in [4.69, 9.17) is 16.3 Å². The molecule has 7 heteroatoms. The van der Waals surface area contributed by atoms with E-state index in [1.165, 1.54) is 19.4 Å². The van der Waals surface area contributed by atoms with E-state index in [-0.39, 0.29) is 11.6 Å². The van der Waals surface area contributed by atoms with Crippen molar-refractivity contribution in [1.82, 2.24) is 9.88 Å². The second kappa shape index (κ2) is 9.20. The number of hydrogen-bond donors (Lipinski definition) is 1. The number of benzene rings is 1. The fourth-order valence-corrected chi connectivity index (χ4v) is 2.54. The summed E-state index contributed by atoms with van der Waals surface area (Å²) in [7, 11) is 3.25. The number of halogens is 1. The molecule has 1 N–H and O–H groups in total. The van der Waals surface area contributed by atoms with Gasteiger partial charge in [-0.25, -0.2) is 0 Å². The molecule has 0 saturated carbocycles. The van der Waals surface area contributed by atoms with Crippen molar-refractivity contribution in [3.63, 3.8) is 0 Å². The van der Waals surface area contributed by atoms with Crippen LogP contribution >= 0.6 is 11.6 Å². The number of nitrogens with one attached hydrogen (secondary N) is 1. The highest BCUT2D eigenvalue weighted by molar-refractivity contribution is 6.31. The van der Waals surface area contributed by atoms with Crippen molar-refractivity contribution in [2.75, 3.05) is 26.0 Å². The van der Waals surface area contributed by atoms with Crippen LogP contribution in [-0.4, -0.2) is 42.4 Å². The predicted octanol–water partition coefficient (Wildman–Crippen LogP) is 3.87. The van der Waals surface area contributed by atoms with E-state index in [1.54, 1.807) is 36.2 Å².